The molecule has 0 aliphatic carbocycles. The first-order valence-corrected chi connectivity index (χ1v) is 10.5. The number of carbonyl (C=O) groups excluding carboxylic acids is 1. The van der Waals surface area contributed by atoms with E-state index >= 15 is 0 Å². The Balaban J connectivity index is 1.31. The van der Waals surface area contributed by atoms with Crippen molar-refractivity contribution in [3.05, 3.63) is 66.0 Å². The number of nitrogens with one attached hydrogen (secondary N) is 2. The summed E-state index contributed by atoms with van der Waals surface area (Å²) in [7, 11) is 0. The number of anilines is 3. The number of carbonyl (C=O) groups is 1. The van der Waals surface area contributed by atoms with Crippen LogP contribution in [-0.2, 0) is 4.79 Å². The highest BCUT2D eigenvalue weighted by Gasteiger charge is 2.28. The van der Waals surface area contributed by atoms with Crippen molar-refractivity contribution in [3.63, 3.8) is 0 Å². The molecule has 3 N–H and O–H groups in total. The minimum absolute atomic E-state index is 0.283. The van der Waals surface area contributed by atoms with Crippen LogP contribution in [0.4, 0.5) is 17.6 Å². The lowest BCUT2D eigenvalue weighted by atomic mass is 10.1. The number of H-pyrrole nitrogens is 1. The van der Waals surface area contributed by atoms with Gasteiger partial charge in [0.05, 0.1) is 0 Å². The maximum absolute atomic E-state index is 12.7. The van der Waals surface area contributed by atoms with Gasteiger partial charge in [-0.1, -0.05) is 30.3 Å². The average molecular weight is 432 g/mol. The molecular formula is C22H24N8O2. The van der Waals surface area contributed by atoms with Crippen molar-refractivity contribution in [1.29, 1.82) is 0 Å². The van der Waals surface area contributed by atoms with Crippen LogP contribution < -0.4 is 10.2 Å². The lowest BCUT2D eigenvalue weighted by molar-refractivity contribution is -0.140. The van der Waals surface area contributed by atoms with Gasteiger partial charge in [-0.15, -0.1) is 5.10 Å². The van der Waals surface area contributed by atoms with E-state index in [-0.39, 0.29) is 5.91 Å². The number of hydrogen-bond acceptors (Lipinski definition) is 7. The van der Waals surface area contributed by atoms with Crippen molar-refractivity contribution < 1.29 is 9.90 Å². The third-order valence-electron chi connectivity index (χ3n) is 5.56. The molecule has 0 spiro atoms. The van der Waals surface area contributed by atoms with Crippen LogP contribution in [0.25, 0.3) is 5.52 Å². The second-order valence-electron chi connectivity index (χ2n) is 7.79. The van der Waals surface area contributed by atoms with Gasteiger partial charge in [-0.3, -0.25) is 9.89 Å². The number of fused-ring (bicyclic) bond motifs is 1. The van der Waals surface area contributed by atoms with E-state index in [1.165, 1.54) is 0 Å². The molecule has 10 heteroatoms. The van der Waals surface area contributed by atoms with Gasteiger partial charge in [0.1, 0.15) is 5.52 Å². The SMILES string of the molecule is Cc1cc(Nc2nc(N3CCN(C(=O)[C@H](O)c4ccccc4)CC3)nn3cccc23)n[nH]1. The number of aliphatic hydroxyl groups excluding tert-OH is 1. The Hall–Kier alpha value is -3.92. The van der Waals surface area contributed by atoms with Crippen molar-refractivity contribution in [1.82, 2.24) is 29.7 Å². The molecule has 0 unspecified atom stereocenters. The Kier molecular flexibility index (Phi) is 5.20. The van der Waals surface area contributed by atoms with Gasteiger partial charge < -0.3 is 20.2 Å². The number of aliphatic hydroxyl groups is 1. The molecule has 4 heterocycles. The summed E-state index contributed by atoms with van der Waals surface area (Å²) in [6.45, 7) is 4.04. The lowest BCUT2D eigenvalue weighted by Gasteiger charge is -2.35. The minimum Gasteiger partial charge on any atom is -0.378 e. The molecule has 1 aliphatic rings. The van der Waals surface area contributed by atoms with Crippen LogP contribution in [-0.4, -0.2) is 66.9 Å². The van der Waals surface area contributed by atoms with Gasteiger partial charge in [-0.2, -0.15) is 10.1 Å². The maximum Gasteiger partial charge on any atom is 0.256 e. The summed E-state index contributed by atoms with van der Waals surface area (Å²) in [5, 5.41) is 25.5. The van der Waals surface area contributed by atoms with Crippen molar-refractivity contribution in [3.8, 4) is 0 Å². The van der Waals surface area contributed by atoms with E-state index in [0.29, 0.717) is 49.3 Å². The number of nitrogens with zero attached hydrogens (tertiary/aromatic N) is 6. The van der Waals surface area contributed by atoms with Crippen molar-refractivity contribution >= 4 is 29.0 Å². The van der Waals surface area contributed by atoms with Gasteiger partial charge >= 0.3 is 0 Å². The molecule has 4 aromatic rings. The smallest absolute Gasteiger partial charge is 0.256 e. The molecule has 3 aromatic heterocycles. The highest BCUT2D eigenvalue weighted by Crippen LogP contribution is 2.23. The number of piperazine rings is 1. The fraction of sp³-hybridized carbons (Fsp3) is 0.273. The Morgan fingerprint density at radius 2 is 1.91 bits per heavy atom. The molecule has 1 aromatic carbocycles. The lowest BCUT2D eigenvalue weighted by Crippen LogP contribution is -2.50. The zero-order valence-electron chi connectivity index (χ0n) is 17.6. The normalized spacial score (nSPS) is 15.2. The quantitative estimate of drug-likeness (QED) is 0.441. The van der Waals surface area contributed by atoms with E-state index in [2.05, 4.69) is 20.6 Å². The molecule has 1 aliphatic heterocycles. The molecule has 1 fully saturated rings. The van der Waals surface area contributed by atoms with E-state index in [0.717, 1.165) is 11.2 Å². The Labute approximate surface area is 184 Å². The number of aryl methyl sites for hydroxylation is 1. The first kappa shape index (κ1) is 20.0. The molecule has 10 nitrogen and oxygen atoms in total. The number of benzene rings is 1. The summed E-state index contributed by atoms with van der Waals surface area (Å²) < 4.78 is 1.78. The second kappa shape index (κ2) is 8.31. The third-order valence-corrected chi connectivity index (χ3v) is 5.56. The highest BCUT2D eigenvalue weighted by atomic mass is 16.3. The number of amides is 1. The van der Waals surface area contributed by atoms with Crippen molar-refractivity contribution in [2.45, 2.75) is 13.0 Å². The third kappa shape index (κ3) is 3.87. The molecule has 1 atom stereocenters. The van der Waals surface area contributed by atoms with E-state index in [1.54, 1.807) is 21.5 Å². The molecule has 0 bridgehead atoms. The summed E-state index contributed by atoms with van der Waals surface area (Å²) in [5.74, 6) is 1.62. The molecule has 5 rings (SSSR count). The second-order valence-corrected chi connectivity index (χ2v) is 7.79. The van der Waals surface area contributed by atoms with Crippen LogP contribution in [0.2, 0.25) is 0 Å². The fourth-order valence-corrected chi connectivity index (χ4v) is 3.83. The Morgan fingerprint density at radius 1 is 1.12 bits per heavy atom. The maximum atomic E-state index is 12.7. The summed E-state index contributed by atoms with van der Waals surface area (Å²) in [4.78, 5) is 21.2. The molecule has 1 amide bonds. The van der Waals surface area contributed by atoms with Crippen LogP contribution >= 0.6 is 0 Å². The summed E-state index contributed by atoms with van der Waals surface area (Å²) in [6, 6.07) is 14.8. The summed E-state index contributed by atoms with van der Waals surface area (Å²) >= 11 is 0. The van der Waals surface area contributed by atoms with Crippen LogP contribution in [0.1, 0.15) is 17.4 Å². The standard InChI is InChI=1S/C22H24N8O2/c1-15-14-18(26-25-15)23-20-17-8-5-9-30(17)27-22(24-20)29-12-10-28(11-13-29)21(32)19(31)16-6-3-2-4-7-16/h2-9,14,19,31H,10-13H2,1H3,(H2,23,24,25,26,27)/t19-/m1/s1. The van der Waals surface area contributed by atoms with E-state index < -0.39 is 6.10 Å². The minimum atomic E-state index is -1.15. The number of aromatic nitrogens is 5. The predicted octanol–water partition coefficient (Wildman–Crippen LogP) is 1.89. The number of hydrogen-bond donors (Lipinski definition) is 3. The van der Waals surface area contributed by atoms with Crippen LogP contribution in [0.15, 0.2) is 54.7 Å². The molecule has 164 valence electrons. The fourth-order valence-electron chi connectivity index (χ4n) is 3.83. The first-order chi connectivity index (χ1) is 15.6. The van der Waals surface area contributed by atoms with Gasteiger partial charge in [-0.25, -0.2) is 4.52 Å². The van der Waals surface area contributed by atoms with Gasteiger partial charge in [0.2, 0.25) is 5.95 Å². The van der Waals surface area contributed by atoms with Gasteiger partial charge in [-0.05, 0) is 24.6 Å². The van der Waals surface area contributed by atoms with Crippen LogP contribution in [0, 0.1) is 6.92 Å². The van der Waals surface area contributed by atoms with Crippen LogP contribution in [0.5, 0.6) is 0 Å². The van der Waals surface area contributed by atoms with Crippen LogP contribution in [0.3, 0.4) is 0 Å². The zero-order valence-corrected chi connectivity index (χ0v) is 17.6. The number of aromatic amines is 1. The van der Waals surface area contributed by atoms with Crippen molar-refractivity contribution in [2.75, 3.05) is 36.4 Å². The van der Waals surface area contributed by atoms with Gasteiger partial charge in [0.25, 0.3) is 5.91 Å². The molecule has 0 saturated carbocycles. The van der Waals surface area contributed by atoms with E-state index in [4.69, 9.17) is 4.98 Å². The Bertz CT molecular complexity index is 1230. The summed E-state index contributed by atoms with van der Waals surface area (Å²) in [6.07, 6.45) is 0.723. The van der Waals surface area contributed by atoms with E-state index in [1.807, 2.05) is 54.4 Å². The number of rotatable bonds is 5. The first-order valence-electron chi connectivity index (χ1n) is 10.5. The topological polar surface area (TPSA) is 115 Å². The summed E-state index contributed by atoms with van der Waals surface area (Å²) in [5.41, 5.74) is 2.39. The zero-order chi connectivity index (χ0) is 22.1. The van der Waals surface area contributed by atoms with Gasteiger partial charge in [0, 0.05) is 44.1 Å². The molecular weight excluding hydrogens is 408 g/mol. The van der Waals surface area contributed by atoms with E-state index in [9.17, 15) is 9.90 Å². The molecule has 1 saturated heterocycles. The largest absolute Gasteiger partial charge is 0.378 e. The average Bonchev–Trinajstić information content (AvgIpc) is 3.47. The molecule has 0 radical (unpaired) electrons. The van der Waals surface area contributed by atoms with Crippen molar-refractivity contribution in [2.24, 2.45) is 0 Å². The Morgan fingerprint density at radius 3 is 2.62 bits per heavy atom. The predicted molar refractivity (Wildman–Crippen MR) is 120 cm³/mol. The van der Waals surface area contributed by atoms with Gasteiger partial charge in [0.15, 0.2) is 17.7 Å². The highest BCUT2D eigenvalue weighted by molar-refractivity contribution is 5.82. The molecule has 32 heavy (non-hydrogen) atoms. The monoisotopic (exact) mass is 432 g/mol.